The molecule has 0 aromatic heterocycles. The van der Waals surface area contributed by atoms with Crippen molar-refractivity contribution in [3.05, 3.63) is 24.3 Å². The summed E-state index contributed by atoms with van der Waals surface area (Å²) in [5.74, 6) is 0. The molecule has 2 N–H and O–H groups in total. The van der Waals surface area contributed by atoms with Crippen LogP contribution in [0, 0.1) is 0 Å². The Kier molecular flexibility index (Phi) is 3.33. The van der Waals surface area contributed by atoms with Crippen LogP contribution in [0.5, 0.6) is 0 Å². The summed E-state index contributed by atoms with van der Waals surface area (Å²) in [5.41, 5.74) is 6.91. The van der Waals surface area contributed by atoms with Crippen molar-refractivity contribution in [3.63, 3.8) is 0 Å². The Morgan fingerprint density at radius 3 is 3.00 bits per heavy atom. The molecule has 0 bridgehead atoms. The smallest absolute Gasteiger partial charge is 0.0169 e. The Bertz CT molecular complexity index is 161. The lowest BCUT2D eigenvalue weighted by molar-refractivity contribution is 0.324. The van der Waals surface area contributed by atoms with Gasteiger partial charge in [-0.3, -0.25) is 4.90 Å². The second kappa shape index (κ2) is 4.31. The molecule has 0 spiro atoms. The van der Waals surface area contributed by atoms with E-state index in [0.717, 1.165) is 32.6 Å². The summed E-state index contributed by atoms with van der Waals surface area (Å²) in [7, 11) is 0. The topological polar surface area (TPSA) is 29.3 Å². The van der Waals surface area contributed by atoms with Crippen LogP contribution in [-0.2, 0) is 0 Å². The van der Waals surface area contributed by atoms with Crippen LogP contribution in [0.2, 0.25) is 0 Å². The van der Waals surface area contributed by atoms with E-state index in [0.29, 0.717) is 0 Å². The third-order valence-electron chi connectivity index (χ3n) is 2.04. The Balaban J connectivity index is 2.34. The van der Waals surface area contributed by atoms with E-state index in [1.807, 2.05) is 6.08 Å². The highest BCUT2D eigenvalue weighted by Crippen LogP contribution is 2.08. The van der Waals surface area contributed by atoms with Crippen molar-refractivity contribution >= 4 is 0 Å². The third kappa shape index (κ3) is 2.48. The highest BCUT2D eigenvalue weighted by Gasteiger charge is 2.07. The monoisotopic (exact) mass is 152 g/mol. The van der Waals surface area contributed by atoms with Crippen LogP contribution < -0.4 is 5.73 Å². The molecule has 1 aliphatic heterocycles. The fraction of sp³-hybridized carbons (Fsp3) is 0.556. The highest BCUT2D eigenvalue weighted by molar-refractivity contribution is 5.08. The predicted molar refractivity (Wildman–Crippen MR) is 48.4 cm³/mol. The lowest BCUT2D eigenvalue weighted by atomic mass is 10.1. The van der Waals surface area contributed by atoms with E-state index in [4.69, 9.17) is 5.73 Å². The molecule has 0 radical (unpaired) electrons. The molecule has 0 aromatic carbocycles. The molecule has 2 heteroatoms. The average Bonchev–Trinajstić information content (AvgIpc) is 2.07. The zero-order valence-electron chi connectivity index (χ0n) is 6.92. The van der Waals surface area contributed by atoms with Gasteiger partial charge in [-0.1, -0.05) is 17.7 Å². The number of hydrogen-bond acceptors (Lipinski definition) is 2. The Morgan fingerprint density at radius 2 is 2.55 bits per heavy atom. The van der Waals surface area contributed by atoms with E-state index in [1.54, 1.807) is 0 Å². The summed E-state index contributed by atoms with van der Waals surface area (Å²) in [6.07, 6.45) is 5.30. The molecule has 11 heavy (non-hydrogen) atoms. The van der Waals surface area contributed by atoms with E-state index in [-0.39, 0.29) is 0 Å². The van der Waals surface area contributed by atoms with Gasteiger partial charge in [0.05, 0.1) is 0 Å². The van der Waals surface area contributed by atoms with Crippen molar-refractivity contribution in [2.45, 2.75) is 6.42 Å². The maximum atomic E-state index is 5.52. The minimum absolute atomic E-state index is 0.724. The summed E-state index contributed by atoms with van der Waals surface area (Å²) >= 11 is 0. The Labute approximate surface area is 68.4 Å². The predicted octanol–water partition coefficient (Wildman–Crippen LogP) is 0.763. The molecule has 0 saturated carbocycles. The van der Waals surface area contributed by atoms with Crippen molar-refractivity contribution in [2.75, 3.05) is 26.2 Å². The summed E-state index contributed by atoms with van der Waals surface area (Å²) < 4.78 is 0. The molecule has 1 heterocycles. The van der Waals surface area contributed by atoms with Crippen LogP contribution in [0.3, 0.4) is 0 Å². The molecular formula is C9H16N2. The van der Waals surface area contributed by atoms with Gasteiger partial charge in [0.2, 0.25) is 0 Å². The minimum atomic E-state index is 0.724. The molecule has 0 atom stereocenters. The summed E-state index contributed by atoms with van der Waals surface area (Å²) in [4.78, 5) is 2.35. The van der Waals surface area contributed by atoms with Gasteiger partial charge in [0.25, 0.3) is 0 Å². The minimum Gasteiger partial charge on any atom is -0.327 e. The summed E-state index contributed by atoms with van der Waals surface area (Å²) in [6, 6.07) is 0. The van der Waals surface area contributed by atoms with Crippen LogP contribution in [-0.4, -0.2) is 31.1 Å². The van der Waals surface area contributed by atoms with Gasteiger partial charge in [-0.2, -0.15) is 0 Å². The standard InChI is InChI=1S/C9H16N2/c1-2-5-11-6-3-9(8-10)4-7-11/h2-3H,1,4-8,10H2. The van der Waals surface area contributed by atoms with E-state index in [9.17, 15) is 0 Å². The van der Waals surface area contributed by atoms with Crippen molar-refractivity contribution < 1.29 is 0 Å². The first kappa shape index (κ1) is 8.50. The maximum absolute atomic E-state index is 5.52. The molecule has 0 amide bonds. The Hall–Kier alpha value is -0.600. The first-order chi connectivity index (χ1) is 5.36. The zero-order chi connectivity index (χ0) is 8.10. The van der Waals surface area contributed by atoms with Crippen LogP contribution in [0.25, 0.3) is 0 Å². The molecule has 62 valence electrons. The molecule has 0 aliphatic carbocycles. The molecule has 0 saturated heterocycles. The molecule has 0 fully saturated rings. The van der Waals surface area contributed by atoms with Gasteiger partial charge >= 0.3 is 0 Å². The molecule has 0 aromatic rings. The SMILES string of the molecule is C=CCN1CC=C(CN)CC1. The van der Waals surface area contributed by atoms with E-state index in [1.165, 1.54) is 5.57 Å². The second-order valence-electron chi connectivity index (χ2n) is 2.86. The summed E-state index contributed by atoms with van der Waals surface area (Å²) in [6.45, 7) is 7.60. The number of rotatable bonds is 3. The van der Waals surface area contributed by atoms with Gasteiger partial charge in [-0.25, -0.2) is 0 Å². The molecule has 2 nitrogen and oxygen atoms in total. The van der Waals surface area contributed by atoms with Gasteiger partial charge in [0.1, 0.15) is 0 Å². The third-order valence-corrected chi connectivity index (χ3v) is 2.04. The van der Waals surface area contributed by atoms with E-state index < -0.39 is 0 Å². The lowest BCUT2D eigenvalue weighted by Crippen LogP contribution is -2.30. The van der Waals surface area contributed by atoms with E-state index >= 15 is 0 Å². The van der Waals surface area contributed by atoms with E-state index in [2.05, 4.69) is 17.6 Å². The Morgan fingerprint density at radius 1 is 1.73 bits per heavy atom. The number of nitrogens with zero attached hydrogens (tertiary/aromatic N) is 1. The second-order valence-corrected chi connectivity index (χ2v) is 2.86. The first-order valence-electron chi connectivity index (χ1n) is 4.08. The molecular weight excluding hydrogens is 136 g/mol. The van der Waals surface area contributed by atoms with Crippen molar-refractivity contribution in [1.29, 1.82) is 0 Å². The highest BCUT2D eigenvalue weighted by atomic mass is 15.1. The fourth-order valence-electron chi connectivity index (χ4n) is 1.29. The van der Waals surface area contributed by atoms with Gasteiger partial charge in [-0.05, 0) is 6.42 Å². The maximum Gasteiger partial charge on any atom is 0.0169 e. The molecule has 0 unspecified atom stereocenters. The molecule has 1 rings (SSSR count). The van der Waals surface area contributed by atoms with Gasteiger partial charge in [0, 0.05) is 26.2 Å². The van der Waals surface area contributed by atoms with Crippen LogP contribution in [0.15, 0.2) is 24.3 Å². The normalized spacial score (nSPS) is 19.5. The largest absolute Gasteiger partial charge is 0.327 e. The fourth-order valence-corrected chi connectivity index (χ4v) is 1.29. The van der Waals surface area contributed by atoms with Crippen LogP contribution in [0.1, 0.15) is 6.42 Å². The van der Waals surface area contributed by atoms with Crippen LogP contribution in [0.4, 0.5) is 0 Å². The van der Waals surface area contributed by atoms with Gasteiger partial charge in [0.15, 0.2) is 0 Å². The van der Waals surface area contributed by atoms with Crippen molar-refractivity contribution in [3.8, 4) is 0 Å². The quantitative estimate of drug-likeness (QED) is 0.605. The first-order valence-corrected chi connectivity index (χ1v) is 4.08. The average molecular weight is 152 g/mol. The van der Waals surface area contributed by atoms with Crippen molar-refractivity contribution in [1.82, 2.24) is 4.90 Å². The summed E-state index contributed by atoms with van der Waals surface area (Å²) in [5, 5.41) is 0. The van der Waals surface area contributed by atoms with Crippen molar-refractivity contribution in [2.24, 2.45) is 5.73 Å². The van der Waals surface area contributed by atoms with Gasteiger partial charge < -0.3 is 5.73 Å². The molecule has 1 aliphatic rings. The number of nitrogens with two attached hydrogens (primary N) is 1. The number of hydrogen-bond donors (Lipinski definition) is 1. The zero-order valence-corrected chi connectivity index (χ0v) is 6.92. The van der Waals surface area contributed by atoms with Gasteiger partial charge in [-0.15, -0.1) is 6.58 Å². The lowest BCUT2D eigenvalue weighted by Gasteiger charge is -2.24. The van der Waals surface area contributed by atoms with Crippen LogP contribution >= 0.6 is 0 Å².